The third-order valence-electron chi connectivity index (χ3n) is 0.945. The molecule has 0 aromatic carbocycles. The second kappa shape index (κ2) is 2.99. The summed E-state index contributed by atoms with van der Waals surface area (Å²) >= 11 is 0. The third-order valence-corrected chi connectivity index (χ3v) is 0.945. The first-order chi connectivity index (χ1) is 3.18. The molecule has 0 aliphatic carbocycles. The van der Waals surface area contributed by atoms with Gasteiger partial charge in [-0.05, 0) is 6.92 Å². The first-order valence-electron chi connectivity index (χ1n) is 2.30. The molecule has 2 nitrogen and oxygen atoms in total. The fraction of sp³-hybridized carbons (Fsp3) is 0.800. The molecule has 2 unspecified atom stereocenters. The molecule has 0 amide bonds. The van der Waals surface area contributed by atoms with Crippen molar-refractivity contribution in [1.82, 2.24) is 0 Å². The van der Waals surface area contributed by atoms with Crippen LogP contribution in [-0.2, 0) is 0 Å². The van der Waals surface area contributed by atoms with Crippen LogP contribution in [0.25, 0.3) is 0 Å². The number of aliphatic hydroxyl groups excluding tert-OH is 2. The maximum absolute atomic E-state index is 8.55. The summed E-state index contributed by atoms with van der Waals surface area (Å²) < 4.78 is 0. The zero-order chi connectivity index (χ0) is 5.86. The summed E-state index contributed by atoms with van der Waals surface area (Å²) in [6.45, 7) is 5.04. The van der Waals surface area contributed by atoms with E-state index in [1.807, 2.05) is 0 Å². The lowest BCUT2D eigenvalue weighted by molar-refractivity contribution is 0.110. The van der Waals surface area contributed by atoms with Crippen molar-refractivity contribution in [1.29, 1.82) is 0 Å². The first kappa shape index (κ1) is 6.92. The molecule has 0 aliphatic rings. The molecule has 0 spiro atoms. The van der Waals surface area contributed by atoms with E-state index in [0.717, 1.165) is 0 Å². The Bertz CT molecular complexity index is 43.3. The smallest absolute Gasteiger partial charge is 0.0588 e. The molecule has 0 heterocycles. The molecule has 2 atom stereocenters. The first-order valence-corrected chi connectivity index (χ1v) is 2.30. The van der Waals surface area contributed by atoms with Gasteiger partial charge in [0.1, 0.15) is 0 Å². The topological polar surface area (TPSA) is 40.5 Å². The second-order valence-corrected chi connectivity index (χ2v) is 1.73. The largest absolute Gasteiger partial charge is 0.396 e. The highest BCUT2D eigenvalue weighted by Gasteiger charge is 2.04. The molecule has 7 heavy (non-hydrogen) atoms. The van der Waals surface area contributed by atoms with Gasteiger partial charge in [0.2, 0.25) is 0 Å². The van der Waals surface area contributed by atoms with Crippen molar-refractivity contribution in [3.8, 4) is 0 Å². The second-order valence-electron chi connectivity index (χ2n) is 1.73. The highest BCUT2D eigenvalue weighted by atomic mass is 16.3. The van der Waals surface area contributed by atoms with Gasteiger partial charge in [0.05, 0.1) is 6.10 Å². The van der Waals surface area contributed by atoms with Gasteiger partial charge < -0.3 is 10.2 Å². The van der Waals surface area contributed by atoms with Crippen molar-refractivity contribution >= 4 is 0 Å². The van der Waals surface area contributed by atoms with Crippen molar-refractivity contribution in [2.24, 2.45) is 5.92 Å². The van der Waals surface area contributed by atoms with Crippen molar-refractivity contribution in [3.63, 3.8) is 0 Å². The third kappa shape index (κ3) is 2.60. The van der Waals surface area contributed by atoms with Gasteiger partial charge in [-0.2, -0.15) is 0 Å². The minimum atomic E-state index is -0.634. The fourth-order valence-corrected chi connectivity index (χ4v) is 0.122. The van der Waals surface area contributed by atoms with Gasteiger partial charge in [0.25, 0.3) is 0 Å². The Morgan fingerprint density at radius 2 is 2.14 bits per heavy atom. The Morgan fingerprint density at radius 1 is 1.71 bits per heavy atom. The van der Waals surface area contributed by atoms with E-state index in [9.17, 15) is 0 Å². The van der Waals surface area contributed by atoms with Crippen LogP contribution in [0.4, 0.5) is 0 Å². The summed E-state index contributed by atoms with van der Waals surface area (Å²) in [5.74, 6) is -0.0972. The molecule has 2 N–H and O–H groups in total. The predicted octanol–water partition coefficient (Wildman–Crippen LogP) is -0.190. The highest BCUT2D eigenvalue weighted by molar-refractivity contribution is 4.63. The molecule has 0 fully saturated rings. The summed E-state index contributed by atoms with van der Waals surface area (Å²) in [5, 5.41) is 16.9. The Labute approximate surface area is 43.8 Å². The molecular formula is C5H11O2. The van der Waals surface area contributed by atoms with Crippen molar-refractivity contribution in [2.75, 3.05) is 6.61 Å². The summed E-state index contributed by atoms with van der Waals surface area (Å²) in [5.41, 5.74) is 0. The monoisotopic (exact) mass is 103 g/mol. The molecular weight excluding hydrogens is 92.1 g/mol. The minimum absolute atomic E-state index is 0.00463. The molecule has 0 saturated heterocycles. The zero-order valence-corrected chi connectivity index (χ0v) is 4.46. The normalized spacial score (nSPS) is 18.9. The summed E-state index contributed by atoms with van der Waals surface area (Å²) in [4.78, 5) is 0. The standard InChI is InChI=1S/C5H11O2/c1-4(3-6)5(2)7/h4-7H,2-3H2,1H3. The van der Waals surface area contributed by atoms with E-state index in [4.69, 9.17) is 10.2 Å². The van der Waals surface area contributed by atoms with E-state index < -0.39 is 6.10 Å². The lowest BCUT2D eigenvalue weighted by Crippen LogP contribution is -2.16. The van der Waals surface area contributed by atoms with E-state index in [0.29, 0.717) is 0 Å². The van der Waals surface area contributed by atoms with E-state index in [1.165, 1.54) is 0 Å². The van der Waals surface area contributed by atoms with Gasteiger partial charge in [0, 0.05) is 12.5 Å². The molecule has 0 rings (SSSR count). The maximum atomic E-state index is 8.55. The van der Waals surface area contributed by atoms with Gasteiger partial charge in [-0.1, -0.05) is 6.92 Å². The number of aliphatic hydroxyl groups is 2. The summed E-state index contributed by atoms with van der Waals surface area (Å²) in [6.07, 6.45) is -0.634. The van der Waals surface area contributed by atoms with E-state index >= 15 is 0 Å². The molecule has 0 aliphatic heterocycles. The zero-order valence-electron chi connectivity index (χ0n) is 4.46. The Morgan fingerprint density at radius 3 is 2.14 bits per heavy atom. The molecule has 2 heteroatoms. The minimum Gasteiger partial charge on any atom is -0.396 e. The average molecular weight is 103 g/mol. The Hall–Kier alpha value is -0.0800. The van der Waals surface area contributed by atoms with Crippen molar-refractivity contribution in [2.45, 2.75) is 13.0 Å². The van der Waals surface area contributed by atoms with Gasteiger partial charge in [0.15, 0.2) is 0 Å². The van der Waals surface area contributed by atoms with Crippen LogP contribution in [0, 0.1) is 12.8 Å². The van der Waals surface area contributed by atoms with Crippen LogP contribution in [0.3, 0.4) is 0 Å². The fourth-order valence-electron chi connectivity index (χ4n) is 0.122. The lowest BCUT2D eigenvalue weighted by atomic mass is 10.1. The molecule has 0 saturated carbocycles. The number of rotatable bonds is 2. The van der Waals surface area contributed by atoms with Crippen LogP contribution in [0.2, 0.25) is 0 Å². The lowest BCUT2D eigenvalue weighted by Gasteiger charge is -2.08. The van der Waals surface area contributed by atoms with Crippen LogP contribution in [0.1, 0.15) is 6.92 Å². The molecule has 0 aromatic rings. The Kier molecular flexibility index (Phi) is 2.96. The van der Waals surface area contributed by atoms with Gasteiger partial charge in [-0.25, -0.2) is 0 Å². The molecule has 0 aromatic heterocycles. The van der Waals surface area contributed by atoms with E-state index in [-0.39, 0.29) is 12.5 Å². The van der Waals surface area contributed by atoms with Crippen molar-refractivity contribution in [3.05, 3.63) is 6.92 Å². The SMILES string of the molecule is [CH2]C(O)C(C)CO. The highest BCUT2D eigenvalue weighted by Crippen LogP contribution is 1.97. The van der Waals surface area contributed by atoms with Crippen LogP contribution in [0.15, 0.2) is 0 Å². The van der Waals surface area contributed by atoms with Crippen LogP contribution >= 0.6 is 0 Å². The molecule has 43 valence electrons. The summed E-state index contributed by atoms with van der Waals surface area (Å²) in [6, 6.07) is 0. The van der Waals surface area contributed by atoms with Crippen molar-refractivity contribution < 1.29 is 10.2 Å². The van der Waals surface area contributed by atoms with E-state index in [1.54, 1.807) is 6.92 Å². The molecule has 0 bridgehead atoms. The molecule has 1 radical (unpaired) electrons. The Balaban J connectivity index is 3.14. The van der Waals surface area contributed by atoms with Gasteiger partial charge >= 0.3 is 0 Å². The van der Waals surface area contributed by atoms with Gasteiger partial charge in [-0.15, -0.1) is 0 Å². The predicted molar refractivity (Wildman–Crippen MR) is 27.6 cm³/mol. The number of hydrogen-bond acceptors (Lipinski definition) is 2. The van der Waals surface area contributed by atoms with Crippen LogP contribution < -0.4 is 0 Å². The number of hydrogen-bond donors (Lipinski definition) is 2. The van der Waals surface area contributed by atoms with Crippen LogP contribution in [-0.4, -0.2) is 22.9 Å². The van der Waals surface area contributed by atoms with Gasteiger partial charge in [-0.3, -0.25) is 0 Å². The summed E-state index contributed by atoms with van der Waals surface area (Å²) in [7, 11) is 0. The van der Waals surface area contributed by atoms with E-state index in [2.05, 4.69) is 6.92 Å². The van der Waals surface area contributed by atoms with Crippen LogP contribution in [0.5, 0.6) is 0 Å². The average Bonchev–Trinajstić information content (AvgIpc) is 1.65. The maximum Gasteiger partial charge on any atom is 0.0588 e. The quantitative estimate of drug-likeness (QED) is 0.508.